The number of carbonyl (C=O) groups excluding carboxylic acids is 1. The third-order valence-corrected chi connectivity index (χ3v) is 6.24. The first-order valence-electron chi connectivity index (χ1n) is 8.41. The number of imidazole rings is 1. The standard InChI is InChI=1S/C17H21FN4O3S/c1-2-22(14-5-8-26(24,25)11-14)17(23)20-10-13-3-4-16(15(18)9-13)21-7-6-19-12-21/h3-4,6-7,9,12,14H,2,5,8,10-11H2,1H3,(H,20,23). The van der Waals surface area contributed by atoms with Gasteiger partial charge in [-0.1, -0.05) is 6.07 Å². The van der Waals surface area contributed by atoms with Gasteiger partial charge in [0.1, 0.15) is 5.82 Å². The van der Waals surface area contributed by atoms with E-state index in [0.29, 0.717) is 24.2 Å². The molecule has 2 aromatic rings. The number of nitrogens with zero attached hydrogens (tertiary/aromatic N) is 3. The molecule has 0 radical (unpaired) electrons. The predicted octanol–water partition coefficient (Wildman–Crippen LogP) is 1.73. The van der Waals surface area contributed by atoms with Gasteiger partial charge in [-0.25, -0.2) is 22.6 Å². The highest BCUT2D eigenvalue weighted by atomic mass is 32.2. The van der Waals surface area contributed by atoms with Crippen molar-refractivity contribution in [2.45, 2.75) is 25.9 Å². The van der Waals surface area contributed by atoms with Gasteiger partial charge in [-0.3, -0.25) is 0 Å². The van der Waals surface area contributed by atoms with Crippen molar-refractivity contribution >= 4 is 15.9 Å². The summed E-state index contributed by atoms with van der Waals surface area (Å²) in [4.78, 5) is 17.8. The molecular formula is C17H21FN4O3S. The molecule has 1 fully saturated rings. The highest BCUT2D eigenvalue weighted by Crippen LogP contribution is 2.18. The summed E-state index contributed by atoms with van der Waals surface area (Å²) in [6, 6.07) is 4.08. The number of hydrogen-bond acceptors (Lipinski definition) is 4. The molecule has 140 valence electrons. The van der Waals surface area contributed by atoms with E-state index in [2.05, 4.69) is 10.3 Å². The summed E-state index contributed by atoms with van der Waals surface area (Å²) < 4.78 is 39.1. The van der Waals surface area contributed by atoms with E-state index in [1.54, 1.807) is 29.1 Å². The summed E-state index contributed by atoms with van der Waals surface area (Å²) in [6.45, 7) is 2.39. The lowest BCUT2D eigenvalue weighted by Gasteiger charge is -2.27. The van der Waals surface area contributed by atoms with Crippen LogP contribution in [0.1, 0.15) is 18.9 Å². The van der Waals surface area contributed by atoms with Gasteiger partial charge >= 0.3 is 6.03 Å². The van der Waals surface area contributed by atoms with Crippen LogP contribution in [0.15, 0.2) is 36.9 Å². The van der Waals surface area contributed by atoms with Crippen molar-refractivity contribution in [1.82, 2.24) is 19.8 Å². The molecule has 3 rings (SSSR count). The zero-order valence-electron chi connectivity index (χ0n) is 14.4. The van der Waals surface area contributed by atoms with Crippen LogP contribution in [0.4, 0.5) is 9.18 Å². The number of benzene rings is 1. The quantitative estimate of drug-likeness (QED) is 0.856. The van der Waals surface area contributed by atoms with Crippen molar-refractivity contribution in [1.29, 1.82) is 0 Å². The number of aromatic nitrogens is 2. The first kappa shape index (κ1) is 18.4. The van der Waals surface area contributed by atoms with Gasteiger partial charge in [-0.2, -0.15) is 0 Å². The van der Waals surface area contributed by atoms with Gasteiger partial charge in [0.2, 0.25) is 0 Å². The Bertz CT molecular complexity index is 883. The zero-order valence-corrected chi connectivity index (χ0v) is 15.2. The lowest BCUT2D eigenvalue weighted by Crippen LogP contribution is -2.46. The Balaban J connectivity index is 1.63. The Labute approximate surface area is 151 Å². The number of halogens is 1. The van der Waals surface area contributed by atoms with E-state index < -0.39 is 15.7 Å². The van der Waals surface area contributed by atoms with E-state index in [4.69, 9.17) is 0 Å². The van der Waals surface area contributed by atoms with Crippen LogP contribution in [-0.4, -0.2) is 53.0 Å². The highest BCUT2D eigenvalue weighted by Gasteiger charge is 2.33. The fourth-order valence-corrected chi connectivity index (χ4v) is 4.87. The molecule has 0 saturated carbocycles. The van der Waals surface area contributed by atoms with Crippen LogP contribution in [0.25, 0.3) is 5.69 Å². The minimum atomic E-state index is -3.06. The third kappa shape index (κ3) is 4.04. The van der Waals surface area contributed by atoms with E-state index in [1.165, 1.54) is 17.3 Å². The maximum atomic E-state index is 14.3. The molecule has 1 N–H and O–H groups in total. The SMILES string of the molecule is CCN(C(=O)NCc1ccc(-n2ccnc2)c(F)c1)C1CCS(=O)(=O)C1. The summed E-state index contributed by atoms with van der Waals surface area (Å²) >= 11 is 0. The molecule has 1 atom stereocenters. The van der Waals surface area contributed by atoms with Gasteiger partial charge in [0, 0.05) is 31.5 Å². The predicted molar refractivity (Wildman–Crippen MR) is 95.2 cm³/mol. The van der Waals surface area contributed by atoms with Crippen LogP contribution in [0, 0.1) is 5.82 Å². The van der Waals surface area contributed by atoms with Crippen LogP contribution in [0.3, 0.4) is 0 Å². The van der Waals surface area contributed by atoms with Gasteiger partial charge in [0.05, 0.1) is 23.5 Å². The molecule has 26 heavy (non-hydrogen) atoms. The first-order valence-corrected chi connectivity index (χ1v) is 10.2. The van der Waals surface area contributed by atoms with Crippen LogP contribution >= 0.6 is 0 Å². The van der Waals surface area contributed by atoms with Crippen molar-refractivity contribution in [3.63, 3.8) is 0 Å². The molecule has 0 spiro atoms. The molecule has 2 amide bonds. The second-order valence-electron chi connectivity index (χ2n) is 6.26. The number of rotatable bonds is 5. The Hall–Kier alpha value is -2.42. The Morgan fingerprint density at radius 3 is 2.85 bits per heavy atom. The lowest BCUT2D eigenvalue weighted by molar-refractivity contribution is 0.183. The molecule has 0 bridgehead atoms. The maximum absolute atomic E-state index is 14.3. The zero-order chi connectivity index (χ0) is 18.7. The minimum absolute atomic E-state index is 0.00247. The van der Waals surface area contributed by atoms with Crippen molar-refractivity contribution in [3.8, 4) is 5.69 Å². The molecule has 1 saturated heterocycles. The van der Waals surface area contributed by atoms with E-state index in [0.717, 1.165) is 0 Å². The van der Waals surface area contributed by atoms with Crippen molar-refractivity contribution in [2.75, 3.05) is 18.1 Å². The lowest BCUT2D eigenvalue weighted by atomic mass is 10.2. The summed E-state index contributed by atoms with van der Waals surface area (Å²) in [5.74, 6) is -0.297. The van der Waals surface area contributed by atoms with Crippen molar-refractivity contribution in [3.05, 3.63) is 48.3 Å². The molecule has 1 aliphatic heterocycles. The molecule has 0 aliphatic carbocycles. The topological polar surface area (TPSA) is 84.3 Å². The number of urea groups is 1. The third-order valence-electron chi connectivity index (χ3n) is 4.49. The molecule has 1 unspecified atom stereocenters. The first-order chi connectivity index (χ1) is 12.4. The number of nitrogens with one attached hydrogen (secondary N) is 1. The Morgan fingerprint density at radius 2 is 2.27 bits per heavy atom. The highest BCUT2D eigenvalue weighted by molar-refractivity contribution is 7.91. The minimum Gasteiger partial charge on any atom is -0.334 e. The van der Waals surface area contributed by atoms with E-state index >= 15 is 0 Å². The average molecular weight is 380 g/mol. The largest absolute Gasteiger partial charge is 0.334 e. The van der Waals surface area contributed by atoms with Gasteiger partial charge in [0.25, 0.3) is 0 Å². The molecule has 9 heteroatoms. The molecule has 1 aromatic heterocycles. The summed E-state index contributed by atoms with van der Waals surface area (Å²) in [7, 11) is -3.06. The number of hydrogen-bond donors (Lipinski definition) is 1. The van der Waals surface area contributed by atoms with Gasteiger partial charge in [-0.15, -0.1) is 0 Å². The molecule has 7 nitrogen and oxygen atoms in total. The maximum Gasteiger partial charge on any atom is 0.317 e. The van der Waals surface area contributed by atoms with Crippen LogP contribution in [0.5, 0.6) is 0 Å². The van der Waals surface area contributed by atoms with Gasteiger partial charge in [-0.05, 0) is 31.0 Å². The van der Waals surface area contributed by atoms with Gasteiger partial charge in [0.15, 0.2) is 9.84 Å². The Morgan fingerprint density at radius 1 is 1.46 bits per heavy atom. The monoisotopic (exact) mass is 380 g/mol. The van der Waals surface area contributed by atoms with Crippen LogP contribution < -0.4 is 5.32 Å². The summed E-state index contributed by atoms with van der Waals surface area (Å²) in [6.07, 6.45) is 5.18. The van der Waals surface area contributed by atoms with Crippen LogP contribution in [0.2, 0.25) is 0 Å². The number of amides is 2. The fraction of sp³-hybridized carbons (Fsp3) is 0.412. The number of carbonyl (C=O) groups is 1. The number of sulfone groups is 1. The summed E-state index contributed by atoms with van der Waals surface area (Å²) in [5.41, 5.74) is 0.999. The molecular weight excluding hydrogens is 359 g/mol. The molecule has 1 aromatic carbocycles. The smallest absolute Gasteiger partial charge is 0.317 e. The van der Waals surface area contributed by atoms with Gasteiger partial charge < -0.3 is 14.8 Å². The average Bonchev–Trinajstić information content (AvgIpc) is 3.23. The summed E-state index contributed by atoms with van der Waals surface area (Å²) in [5, 5.41) is 2.74. The van der Waals surface area contributed by atoms with E-state index in [1.807, 2.05) is 6.92 Å². The second-order valence-corrected chi connectivity index (χ2v) is 8.49. The molecule has 2 heterocycles. The van der Waals surface area contributed by atoms with Crippen molar-refractivity contribution in [2.24, 2.45) is 0 Å². The van der Waals surface area contributed by atoms with E-state index in [9.17, 15) is 17.6 Å². The Kier molecular flexibility index (Phi) is 5.26. The second kappa shape index (κ2) is 7.45. The van der Waals surface area contributed by atoms with E-state index in [-0.39, 0.29) is 30.1 Å². The van der Waals surface area contributed by atoms with Crippen molar-refractivity contribution < 1.29 is 17.6 Å². The molecule has 1 aliphatic rings. The fourth-order valence-electron chi connectivity index (χ4n) is 3.14. The normalized spacial score (nSPS) is 18.6. The van der Waals surface area contributed by atoms with Crippen LogP contribution in [-0.2, 0) is 16.4 Å².